The molecule has 136 valence electrons. The topological polar surface area (TPSA) is 93.7 Å². The van der Waals surface area contributed by atoms with Gasteiger partial charge in [-0.25, -0.2) is 14.0 Å². The maximum Gasteiger partial charge on any atom is 0.338 e. The van der Waals surface area contributed by atoms with Crippen molar-refractivity contribution in [3.05, 3.63) is 59.9 Å². The zero-order valence-corrected chi connectivity index (χ0v) is 14.0. The highest BCUT2D eigenvalue weighted by Crippen LogP contribution is 2.14. The van der Waals surface area contributed by atoms with Crippen LogP contribution in [0.25, 0.3) is 0 Å². The van der Waals surface area contributed by atoms with Crippen molar-refractivity contribution in [2.75, 3.05) is 18.5 Å². The van der Waals surface area contributed by atoms with E-state index >= 15 is 0 Å². The molecule has 2 aromatic rings. The van der Waals surface area contributed by atoms with Crippen LogP contribution in [0.15, 0.2) is 48.5 Å². The summed E-state index contributed by atoms with van der Waals surface area (Å²) in [5, 5.41) is 4.23. The van der Waals surface area contributed by atoms with Crippen molar-refractivity contribution in [3.63, 3.8) is 0 Å². The molecule has 0 unspecified atom stereocenters. The van der Waals surface area contributed by atoms with Crippen LogP contribution in [0, 0.1) is 5.82 Å². The number of amides is 3. The highest BCUT2D eigenvalue weighted by Gasteiger charge is 2.12. The molecule has 3 amide bonds. The summed E-state index contributed by atoms with van der Waals surface area (Å²) in [5.74, 6) is -1.60. The lowest BCUT2D eigenvalue weighted by atomic mass is 10.2. The van der Waals surface area contributed by atoms with E-state index < -0.39 is 30.3 Å². The van der Waals surface area contributed by atoms with E-state index in [1.807, 2.05) is 5.32 Å². The van der Waals surface area contributed by atoms with Gasteiger partial charge in [-0.05, 0) is 37.3 Å². The third-order valence-electron chi connectivity index (χ3n) is 3.09. The van der Waals surface area contributed by atoms with E-state index in [0.717, 1.165) is 0 Å². The van der Waals surface area contributed by atoms with Gasteiger partial charge in [-0.15, -0.1) is 0 Å². The number of hydrogen-bond acceptors (Lipinski definition) is 5. The fourth-order valence-corrected chi connectivity index (χ4v) is 1.96. The molecule has 0 aromatic heterocycles. The number of halogens is 1. The molecule has 7 nitrogen and oxygen atoms in total. The van der Waals surface area contributed by atoms with E-state index in [0.29, 0.717) is 0 Å². The number of benzene rings is 2. The molecule has 8 heteroatoms. The molecule has 26 heavy (non-hydrogen) atoms. The number of para-hydroxylation sites is 1. The number of carbonyl (C=O) groups excluding carboxylic acids is 3. The lowest BCUT2D eigenvalue weighted by molar-refractivity contribution is -0.121. The number of imide groups is 1. The Bertz CT molecular complexity index is 810. The van der Waals surface area contributed by atoms with Gasteiger partial charge in [0.05, 0.1) is 17.9 Å². The van der Waals surface area contributed by atoms with Crippen molar-refractivity contribution in [2.24, 2.45) is 0 Å². The third kappa shape index (κ3) is 5.59. The minimum Gasteiger partial charge on any atom is -0.484 e. The number of ether oxygens (including phenoxy) is 2. The number of nitrogens with one attached hydrogen (secondary N) is 2. The summed E-state index contributed by atoms with van der Waals surface area (Å²) >= 11 is 0. The molecule has 0 radical (unpaired) electrons. The van der Waals surface area contributed by atoms with Gasteiger partial charge < -0.3 is 14.8 Å². The molecule has 0 bridgehead atoms. The smallest absolute Gasteiger partial charge is 0.338 e. The summed E-state index contributed by atoms with van der Waals surface area (Å²) in [4.78, 5) is 35.1. The van der Waals surface area contributed by atoms with E-state index in [1.54, 1.807) is 31.2 Å². The number of urea groups is 1. The van der Waals surface area contributed by atoms with E-state index in [4.69, 9.17) is 9.47 Å². The fraction of sp³-hybridized carbons (Fsp3) is 0.167. The van der Waals surface area contributed by atoms with Crippen molar-refractivity contribution in [1.82, 2.24) is 5.32 Å². The maximum absolute atomic E-state index is 13.4. The molecule has 0 atom stereocenters. The van der Waals surface area contributed by atoms with Gasteiger partial charge in [0.1, 0.15) is 11.6 Å². The van der Waals surface area contributed by atoms with E-state index in [2.05, 4.69) is 5.32 Å². The zero-order valence-electron chi connectivity index (χ0n) is 14.0. The minimum atomic E-state index is -0.885. The van der Waals surface area contributed by atoms with Crippen LogP contribution >= 0.6 is 0 Å². The van der Waals surface area contributed by atoms with Crippen LogP contribution in [0.2, 0.25) is 0 Å². The first kappa shape index (κ1) is 18.9. The monoisotopic (exact) mass is 360 g/mol. The third-order valence-corrected chi connectivity index (χ3v) is 3.09. The van der Waals surface area contributed by atoms with Crippen molar-refractivity contribution in [1.29, 1.82) is 0 Å². The highest BCUT2D eigenvalue weighted by atomic mass is 19.1. The van der Waals surface area contributed by atoms with Gasteiger partial charge >= 0.3 is 12.0 Å². The molecule has 0 spiro atoms. The SMILES string of the molecule is CCOC(=O)c1cccc(OCC(=O)NC(=O)Nc2ccccc2F)c1. The summed E-state index contributed by atoms with van der Waals surface area (Å²) < 4.78 is 23.5. The molecule has 2 rings (SSSR count). The average Bonchev–Trinajstić information content (AvgIpc) is 2.62. The van der Waals surface area contributed by atoms with Crippen molar-refractivity contribution >= 4 is 23.6 Å². The first-order valence-electron chi connectivity index (χ1n) is 7.75. The van der Waals surface area contributed by atoms with Crippen LogP contribution in [0.1, 0.15) is 17.3 Å². The lowest BCUT2D eigenvalue weighted by Gasteiger charge is -2.09. The van der Waals surface area contributed by atoms with Gasteiger partial charge in [0.15, 0.2) is 6.61 Å². The molecule has 0 heterocycles. The predicted octanol–water partition coefficient (Wildman–Crippen LogP) is 2.73. The Morgan fingerprint density at radius 1 is 1.08 bits per heavy atom. The molecule has 2 aromatic carbocycles. The Morgan fingerprint density at radius 2 is 1.85 bits per heavy atom. The Labute approximate surface area is 149 Å². The second kappa shape index (κ2) is 9.16. The van der Waals surface area contributed by atoms with Crippen molar-refractivity contribution in [3.8, 4) is 5.75 Å². The largest absolute Gasteiger partial charge is 0.484 e. The molecule has 0 saturated heterocycles. The van der Waals surface area contributed by atoms with Crippen LogP contribution in [0.4, 0.5) is 14.9 Å². The Balaban J connectivity index is 1.85. The molecular weight excluding hydrogens is 343 g/mol. The lowest BCUT2D eigenvalue weighted by Crippen LogP contribution is -2.37. The quantitative estimate of drug-likeness (QED) is 0.773. The van der Waals surface area contributed by atoms with Gasteiger partial charge in [0, 0.05) is 0 Å². The fourth-order valence-electron chi connectivity index (χ4n) is 1.96. The number of hydrogen-bond donors (Lipinski definition) is 2. The first-order valence-corrected chi connectivity index (χ1v) is 7.75. The Hall–Kier alpha value is -3.42. The summed E-state index contributed by atoms with van der Waals surface area (Å²) in [5.41, 5.74) is 0.225. The van der Waals surface area contributed by atoms with Gasteiger partial charge in [-0.3, -0.25) is 10.1 Å². The highest BCUT2D eigenvalue weighted by molar-refractivity contribution is 6.01. The maximum atomic E-state index is 13.4. The minimum absolute atomic E-state index is 0.0548. The van der Waals surface area contributed by atoms with Crippen molar-refractivity contribution in [2.45, 2.75) is 6.92 Å². The summed E-state index contributed by atoms with van der Waals surface area (Å²) in [6, 6.07) is 10.8. The normalized spacial score (nSPS) is 9.92. The van der Waals surface area contributed by atoms with Gasteiger partial charge in [-0.1, -0.05) is 18.2 Å². The molecule has 0 saturated carbocycles. The standard InChI is InChI=1S/C18H17FN2O5/c1-2-25-17(23)12-6-5-7-13(10-12)26-11-16(22)21-18(24)20-15-9-4-3-8-14(15)19/h3-10H,2,11H2,1H3,(H2,20,21,22,24). The number of anilines is 1. The first-order chi connectivity index (χ1) is 12.5. The second-order valence-corrected chi connectivity index (χ2v) is 5.02. The van der Waals surface area contributed by atoms with Gasteiger partial charge in [-0.2, -0.15) is 0 Å². The second-order valence-electron chi connectivity index (χ2n) is 5.02. The Morgan fingerprint density at radius 3 is 2.58 bits per heavy atom. The molecule has 0 aliphatic carbocycles. The van der Waals surface area contributed by atoms with E-state index in [1.165, 1.54) is 24.3 Å². The number of carbonyl (C=O) groups is 3. The molecule has 0 aliphatic heterocycles. The average molecular weight is 360 g/mol. The summed E-state index contributed by atoms with van der Waals surface area (Å²) in [6.07, 6.45) is 0. The van der Waals surface area contributed by atoms with Crippen molar-refractivity contribution < 1.29 is 28.2 Å². The van der Waals surface area contributed by atoms with E-state index in [9.17, 15) is 18.8 Å². The zero-order chi connectivity index (χ0) is 18.9. The van der Waals surface area contributed by atoms with E-state index in [-0.39, 0.29) is 23.6 Å². The molecule has 0 aliphatic rings. The van der Waals surface area contributed by atoms with Crippen LogP contribution in [0.3, 0.4) is 0 Å². The molecule has 2 N–H and O–H groups in total. The van der Waals surface area contributed by atoms with Crippen LogP contribution in [-0.2, 0) is 9.53 Å². The molecular formula is C18H17FN2O5. The number of rotatable bonds is 6. The van der Waals surface area contributed by atoms with Gasteiger partial charge in [0.25, 0.3) is 5.91 Å². The van der Waals surface area contributed by atoms with Crippen LogP contribution < -0.4 is 15.4 Å². The summed E-state index contributed by atoms with van der Waals surface area (Å²) in [6.45, 7) is 1.47. The van der Waals surface area contributed by atoms with Crippen LogP contribution in [-0.4, -0.2) is 31.1 Å². The van der Waals surface area contributed by atoms with Crippen LogP contribution in [0.5, 0.6) is 5.75 Å². The predicted molar refractivity (Wildman–Crippen MR) is 91.5 cm³/mol. The number of esters is 1. The summed E-state index contributed by atoms with van der Waals surface area (Å²) in [7, 11) is 0. The Kier molecular flexibility index (Phi) is 6.67. The molecule has 0 fully saturated rings. The van der Waals surface area contributed by atoms with Gasteiger partial charge in [0.2, 0.25) is 0 Å².